The maximum Gasteiger partial charge on any atom is 0.573 e. The third-order valence-corrected chi connectivity index (χ3v) is 5.54. The van der Waals surface area contributed by atoms with Crippen LogP contribution in [0.15, 0.2) is 48.8 Å². The molecular formula is C19H10Cl2F3N3O2. The highest BCUT2D eigenvalue weighted by atomic mass is 35.5. The van der Waals surface area contributed by atoms with E-state index in [0.717, 1.165) is 5.56 Å². The van der Waals surface area contributed by atoms with E-state index in [9.17, 15) is 18.0 Å². The standard InChI is InChI=1S/C19H10Cl2F3N3O2/c20-11-5-12(21)7-13(6-11)27-16(28)18(26-4-3-25-17(26)27)9-10-1-2-14(8-15(10)18)29-19(22,23)24/h1-8H,9H2/t18-/m0/s1. The van der Waals surface area contributed by atoms with Crippen molar-refractivity contribution in [3.63, 3.8) is 0 Å². The molecule has 0 fully saturated rings. The Bertz CT molecular complexity index is 1160. The molecule has 10 heteroatoms. The van der Waals surface area contributed by atoms with Gasteiger partial charge in [-0.2, -0.15) is 0 Å². The summed E-state index contributed by atoms with van der Waals surface area (Å²) in [6.07, 6.45) is -1.35. The molecule has 148 valence electrons. The number of rotatable bonds is 2. The van der Waals surface area contributed by atoms with Crippen LogP contribution in [0.2, 0.25) is 10.0 Å². The molecule has 2 aromatic carbocycles. The van der Waals surface area contributed by atoms with Crippen molar-refractivity contribution in [1.82, 2.24) is 9.55 Å². The van der Waals surface area contributed by atoms with E-state index >= 15 is 0 Å². The number of halogens is 5. The number of anilines is 2. The van der Waals surface area contributed by atoms with E-state index in [1.165, 1.54) is 35.4 Å². The number of carbonyl (C=O) groups excluding carboxylic acids is 1. The molecule has 0 bridgehead atoms. The lowest BCUT2D eigenvalue weighted by Gasteiger charge is -2.40. The quantitative estimate of drug-likeness (QED) is 0.560. The molecule has 1 aliphatic carbocycles. The SMILES string of the molecule is O=C1N(c2cc(Cl)cc(Cl)c2)c2nccn2[C@]12Cc1ccc(OC(F)(F)F)cc12. The Kier molecular flexibility index (Phi) is 3.73. The Morgan fingerprint density at radius 1 is 1.10 bits per heavy atom. The smallest absolute Gasteiger partial charge is 0.406 e. The van der Waals surface area contributed by atoms with Crippen molar-refractivity contribution in [2.75, 3.05) is 4.90 Å². The van der Waals surface area contributed by atoms with Gasteiger partial charge in [-0.25, -0.2) is 9.88 Å². The van der Waals surface area contributed by atoms with Gasteiger partial charge in [0, 0.05) is 28.9 Å². The molecule has 1 aliphatic heterocycles. The van der Waals surface area contributed by atoms with Crippen molar-refractivity contribution in [3.8, 4) is 5.75 Å². The Morgan fingerprint density at radius 2 is 1.83 bits per heavy atom. The van der Waals surface area contributed by atoms with E-state index in [-0.39, 0.29) is 11.7 Å². The predicted octanol–water partition coefficient (Wildman–Crippen LogP) is 5.07. The van der Waals surface area contributed by atoms with Gasteiger partial charge in [0.25, 0.3) is 5.91 Å². The van der Waals surface area contributed by atoms with Gasteiger partial charge in [0.2, 0.25) is 5.95 Å². The van der Waals surface area contributed by atoms with Gasteiger partial charge in [0.15, 0.2) is 5.54 Å². The summed E-state index contributed by atoms with van der Waals surface area (Å²) in [5, 5.41) is 0.684. The topological polar surface area (TPSA) is 47.4 Å². The van der Waals surface area contributed by atoms with Crippen molar-refractivity contribution in [1.29, 1.82) is 0 Å². The van der Waals surface area contributed by atoms with Crippen LogP contribution in [0.3, 0.4) is 0 Å². The second kappa shape index (κ2) is 5.90. The monoisotopic (exact) mass is 439 g/mol. The van der Waals surface area contributed by atoms with E-state index < -0.39 is 11.9 Å². The Morgan fingerprint density at radius 3 is 2.52 bits per heavy atom. The van der Waals surface area contributed by atoms with Gasteiger partial charge in [0.1, 0.15) is 5.75 Å². The van der Waals surface area contributed by atoms with E-state index in [1.54, 1.807) is 22.9 Å². The van der Waals surface area contributed by atoms with Crippen LogP contribution in [0.25, 0.3) is 0 Å². The van der Waals surface area contributed by atoms with Gasteiger partial charge < -0.3 is 4.74 Å². The molecule has 2 heterocycles. The van der Waals surface area contributed by atoms with Crippen molar-refractivity contribution in [3.05, 3.63) is 70.0 Å². The zero-order valence-corrected chi connectivity index (χ0v) is 15.9. The van der Waals surface area contributed by atoms with E-state index in [1.807, 2.05) is 0 Å². The highest BCUT2D eigenvalue weighted by molar-refractivity contribution is 6.35. The van der Waals surface area contributed by atoms with Crippen LogP contribution in [-0.2, 0) is 16.8 Å². The zero-order chi connectivity index (χ0) is 20.6. The summed E-state index contributed by atoms with van der Waals surface area (Å²) in [6.45, 7) is 0. The summed E-state index contributed by atoms with van der Waals surface area (Å²) < 4.78 is 43.6. The van der Waals surface area contributed by atoms with Gasteiger partial charge in [-0.05, 0) is 41.5 Å². The Hall–Kier alpha value is -2.71. The van der Waals surface area contributed by atoms with Crippen molar-refractivity contribution >= 4 is 40.7 Å². The number of benzene rings is 2. The molecule has 1 atom stereocenters. The fraction of sp³-hybridized carbons (Fsp3) is 0.158. The molecule has 0 unspecified atom stereocenters. The highest BCUT2D eigenvalue weighted by Gasteiger charge is 2.59. The molecule has 29 heavy (non-hydrogen) atoms. The number of nitrogens with zero attached hydrogens (tertiary/aromatic N) is 3. The third kappa shape index (κ3) is 2.63. The maximum atomic E-state index is 13.5. The minimum atomic E-state index is -4.82. The van der Waals surface area contributed by atoms with Crippen LogP contribution in [0, 0.1) is 0 Å². The minimum absolute atomic E-state index is 0.321. The van der Waals surface area contributed by atoms with Gasteiger partial charge in [-0.3, -0.25) is 9.36 Å². The third-order valence-electron chi connectivity index (χ3n) is 5.10. The lowest BCUT2D eigenvalue weighted by atomic mass is 9.70. The number of aromatic nitrogens is 2. The summed E-state index contributed by atoms with van der Waals surface area (Å²) >= 11 is 12.2. The van der Waals surface area contributed by atoms with Gasteiger partial charge in [-0.15, -0.1) is 13.2 Å². The number of hydrogen-bond donors (Lipinski definition) is 0. The second-order valence-electron chi connectivity index (χ2n) is 6.77. The summed E-state index contributed by atoms with van der Waals surface area (Å²) in [4.78, 5) is 19.2. The average molecular weight is 440 g/mol. The highest BCUT2D eigenvalue weighted by Crippen LogP contribution is 2.52. The van der Waals surface area contributed by atoms with Crippen LogP contribution in [0.5, 0.6) is 5.75 Å². The Labute approximate surface area is 172 Å². The molecule has 5 rings (SSSR count). The summed E-state index contributed by atoms with van der Waals surface area (Å²) in [5.41, 5.74) is 0.437. The van der Waals surface area contributed by atoms with Gasteiger partial charge in [-0.1, -0.05) is 29.3 Å². The molecular weight excluding hydrogens is 430 g/mol. The predicted molar refractivity (Wildman–Crippen MR) is 99.7 cm³/mol. The van der Waals surface area contributed by atoms with Crippen LogP contribution < -0.4 is 9.64 Å². The molecule has 1 aromatic heterocycles. The molecule has 0 saturated carbocycles. The number of fused-ring (bicyclic) bond motifs is 4. The molecule has 0 saturated heterocycles. The van der Waals surface area contributed by atoms with Gasteiger partial charge >= 0.3 is 6.36 Å². The first-order valence-electron chi connectivity index (χ1n) is 8.43. The fourth-order valence-corrected chi connectivity index (χ4v) is 4.52. The van der Waals surface area contributed by atoms with Crippen molar-refractivity contribution in [2.45, 2.75) is 18.3 Å². The lowest BCUT2D eigenvalue weighted by molar-refractivity contribution is -0.274. The first-order chi connectivity index (χ1) is 13.7. The van der Waals surface area contributed by atoms with Crippen molar-refractivity contribution in [2.24, 2.45) is 0 Å². The number of hydrogen-bond acceptors (Lipinski definition) is 3. The summed E-state index contributed by atoms with van der Waals surface area (Å²) in [6, 6.07) is 8.71. The minimum Gasteiger partial charge on any atom is -0.406 e. The van der Waals surface area contributed by atoms with Gasteiger partial charge in [0.05, 0.1) is 5.69 Å². The zero-order valence-electron chi connectivity index (χ0n) is 14.4. The number of imidazole rings is 1. The van der Waals surface area contributed by atoms with E-state index in [0.29, 0.717) is 33.7 Å². The summed E-state index contributed by atoms with van der Waals surface area (Å²) in [7, 11) is 0. The molecule has 1 spiro atoms. The second-order valence-corrected chi connectivity index (χ2v) is 7.64. The first kappa shape index (κ1) is 18.3. The number of amides is 1. The molecule has 5 nitrogen and oxygen atoms in total. The molecule has 0 N–H and O–H groups in total. The fourth-order valence-electron chi connectivity index (χ4n) is 4.00. The first-order valence-corrected chi connectivity index (χ1v) is 9.18. The largest absolute Gasteiger partial charge is 0.573 e. The average Bonchev–Trinajstić information content (AvgIpc) is 3.13. The number of alkyl halides is 3. The van der Waals surface area contributed by atoms with Crippen LogP contribution in [-0.4, -0.2) is 21.8 Å². The Balaban J connectivity index is 1.63. The lowest BCUT2D eigenvalue weighted by Crippen LogP contribution is -2.51. The maximum absolute atomic E-state index is 13.5. The molecule has 0 radical (unpaired) electrons. The van der Waals surface area contributed by atoms with Crippen LogP contribution >= 0.6 is 23.2 Å². The number of ether oxygens (including phenoxy) is 1. The van der Waals surface area contributed by atoms with E-state index in [2.05, 4.69) is 9.72 Å². The summed E-state index contributed by atoms with van der Waals surface area (Å²) in [5.74, 6) is -0.397. The molecule has 3 aromatic rings. The molecule has 2 aliphatic rings. The van der Waals surface area contributed by atoms with Crippen molar-refractivity contribution < 1.29 is 22.7 Å². The van der Waals surface area contributed by atoms with E-state index in [4.69, 9.17) is 23.2 Å². The number of carbonyl (C=O) groups is 1. The van der Waals surface area contributed by atoms with Crippen LogP contribution in [0.1, 0.15) is 11.1 Å². The van der Waals surface area contributed by atoms with Crippen LogP contribution in [0.4, 0.5) is 24.8 Å². The normalized spacial score (nSPS) is 19.9. The molecule has 1 amide bonds.